The van der Waals surface area contributed by atoms with Crippen molar-refractivity contribution >= 4 is 23.1 Å². The third-order valence-electron chi connectivity index (χ3n) is 2.46. The molecule has 1 aromatic carbocycles. The van der Waals surface area contributed by atoms with Crippen molar-refractivity contribution in [1.82, 2.24) is 10.4 Å². The van der Waals surface area contributed by atoms with E-state index in [1.807, 2.05) is 30.3 Å². The lowest BCUT2D eigenvalue weighted by atomic mass is 10.2. The highest BCUT2D eigenvalue weighted by Crippen LogP contribution is 2.31. The lowest BCUT2D eigenvalue weighted by Gasteiger charge is -1.98. The number of hydrogen-bond acceptors (Lipinski definition) is 6. The van der Waals surface area contributed by atoms with Gasteiger partial charge in [-0.3, -0.25) is 0 Å². The van der Waals surface area contributed by atoms with Gasteiger partial charge in [-0.1, -0.05) is 30.3 Å². The standard InChI is InChI=1S/C13H13N3O3S/c1-8(15-16-13(18)19-2)10-11(17)14-12(20-10)9-6-4-3-5-7-9/h3-7,17H,1-2H3,(H,16,18)/b15-8+. The van der Waals surface area contributed by atoms with Crippen LogP contribution < -0.4 is 5.43 Å². The molecule has 0 spiro atoms. The third-order valence-corrected chi connectivity index (χ3v) is 3.66. The van der Waals surface area contributed by atoms with Crippen LogP contribution in [-0.4, -0.2) is 29.0 Å². The number of methoxy groups -OCH3 is 1. The minimum absolute atomic E-state index is 0.109. The Balaban J connectivity index is 2.26. The summed E-state index contributed by atoms with van der Waals surface area (Å²) in [4.78, 5) is 15.5. The van der Waals surface area contributed by atoms with Crippen molar-refractivity contribution in [2.24, 2.45) is 5.10 Å². The summed E-state index contributed by atoms with van der Waals surface area (Å²) in [5, 5.41) is 14.4. The van der Waals surface area contributed by atoms with E-state index in [2.05, 4.69) is 20.2 Å². The largest absolute Gasteiger partial charge is 0.492 e. The molecule has 1 aromatic heterocycles. The van der Waals surface area contributed by atoms with Crippen molar-refractivity contribution in [3.8, 4) is 16.5 Å². The number of carbonyl (C=O) groups excluding carboxylic acids is 1. The number of nitrogens with zero attached hydrogens (tertiary/aromatic N) is 2. The highest BCUT2D eigenvalue weighted by Gasteiger charge is 2.14. The van der Waals surface area contributed by atoms with Gasteiger partial charge in [0.25, 0.3) is 0 Å². The van der Waals surface area contributed by atoms with Crippen molar-refractivity contribution in [2.45, 2.75) is 6.92 Å². The van der Waals surface area contributed by atoms with Crippen LogP contribution in [-0.2, 0) is 4.74 Å². The minimum Gasteiger partial charge on any atom is -0.492 e. The predicted octanol–water partition coefficient (Wildman–Crippen LogP) is 2.60. The van der Waals surface area contributed by atoms with Gasteiger partial charge in [0.1, 0.15) is 9.88 Å². The Bertz CT molecular complexity index is 638. The molecule has 2 N–H and O–H groups in total. The van der Waals surface area contributed by atoms with E-state index >= 15 is 0 Å². The molecular weight excluding hydrogens is 278 g/mol. The molecule has 0 aliphatic carbocycles. The highest BCUT2D eigenvalue weighted by molar-refractivity contribution is 7.17. The molecule has 7 heteroatoms. The summed E-state index contributed by atoms with van der Waals surface area (Å²) >= 11 is 1.30. The fourth-order valence-corrected chi connectivity index (χ4v) is 2.39. The van der Waals surface area contributed by atoms with E-state index in [0.717, 1.165) is 5.56 Å². The van der Waals surface area contributed by atoms with Crippen LogP contribution in [0.3, 0.4) is 0 Å². The summed E-state index contributed by atoms with van der Waals surface area (Å²) in [5.74, 6) is -0.109. The Kier molecular flexibility index (Phi) is 4.31. The van der Waals surface area contributed by atoms with E-state index in [0.29, 0.717) is 15.6 Å². The van der Waals surface area contributed by atoms with Gasteiger partial charge in [0.15, 0.2) is 0 Å². The molecule has 0 atom stereocenters. The molecule has 104 valence electrons. The highest BCUT2D eigenvalue weighted by atomic mass is 32.1. The SMILES string of the molecule is COC(=O)N/N=C(\C)c1sc(-c2ccccc2)nc1O. The number of thiazole rings is 1. The monoisotopic (exact) mass is 291 g/mol. The van der Waals surface area contributed by atoms with Crippen molar-refractivity contribution in [1.29, 1.82) is 0 Å². The quantitative estimate of drug-likeness (QED) is 0.672. The second-order valence-corrected chi connectivity index (χ2v) is 4.84. The minimum atomic E-state index is -0.670. The average Bonchev–Trinajstić information content (AvgIpc) is 2.87. The van der Waals surface area contributed by atoms with Crippen LogP contribution in [0.25, 0.3) is 10.6 Å². The second-order valence-electron chi connectivity index (χ2n) is 3.84. The molecule has 0 bridgehead atoms. The van der Waals surface area contributed by atoms with Gasteiger partial charge in [-0.25, -0.2) is 15.2 Å². The topological polar surface area (TPSA) is 83.8 Å². The van der Waals surface area contributed by atoms with Crippen LogP contribution in [0.4, 0.5) is 4.79 Å². The molecule has 2 rings (SSSR count). The number of rotatable bonds is 3. The molecule has 0 saturated carbocycles. The molecule has 0 unspecified atom stereocenters. The zero-order chi connectivity index (χ0) is 14.5. The molecule has 0 aliphatic heterocycles. The number of hydrogen-bond donors (Lipinski definition) is 2. The zero-order valence-electron chi connectivity index (χ0n) is 11.0. The van der Waals surface area contributed by atoms with E-state index in [4.69, 9.17) is 0 Å². The van der Waals surface area contributed by atoms with Gasteiger partial charge in [0.2, 0.25) is 5.88 Å². The Morgan fingerprint density at radius 3 is 2.75 bits per heavy atom. The number of hydrazone groups is 1. The maximum Gasteiger partial charge on any atom is 0.427 e. The smallest absolute Gasteiger partial charge is 0.427 e. The molecule has 0 radical (unpaired) electrons. The lowest BCUT2D eigenvalue weighted by Crippen LogP contribution is -2.18. The predicted molar refractivity (Wildman–Crippen MR) is 77.0 cm³/mol. The summed E-state index contributed by atoms with van der Waals surface area (Å²) in [7, 11) is 1.25. The van der Waals surface area contributed by atoms with Crippen LogP contribution in [0.2, 0.25) is 0 Å². The normalized spacial score (nSPS) is 11.2. The van der Waals surface area contributed by atoms with Gasteiger partial charge in [0, 0.05) is 5.56 Å². The molecule has 0 saturated heterocycles. The molecule has 1 amide bonds. The Morgan fingerprint density at radius 1 is 1.40 bits per heavy atom. The van der Waals surface area contributed by atoms with Gasteiger partial charge in [0.05, 0.1) is 12.8 Å². The molecule has 6 nitrogen and oxygen atoms in total. The fraction of sp³-hybridized carbons (Fsp3) is 0.154. The maximum atomic E-state index is 10.9. The summed E-state index contributed by atoms with van der Waals surface area (Å²) in [6, 6.07) is 9.51. The average molecular weight is 291 g/mol. The molecule has 0 fully saturated rings. The van der Waals surface area contributed by atoms with Gasteiger partial charge in [-0.2, -0.15) is 5.10 Å². The third kappa shape index (κ3) is 3.12. The van der Waals surface area contributed by atoms with Crippen LogP contribution in [0.1, 0.15) is 11.8 Å². The summed E-state index contributed by atoms with van der Waals surface area (Å²) in [6.07, 6.45) is -0.670. The van der Waals surface area contributed by atoms with Gasteiger partial charge in [-0.15, -0.1) is 11.3 Å². The first-order valence-corrected chi connectivity index (χ1v) is 6.57. The van der Waals surface area contributed by atoms with E-state index in [1.54, 1.807) is 6.92 Å². The van der Waals surface area contributed by atoms with Crippen LogP contribution in [0, 0.1) is 0 Å². The maximum absolute atomic E-state index is 10.9. The number of aromatic nitrogens is 1. The van der Waals surface area contributed by atoms with Crippen LogP contribution in [0.15, 0.2) is 35.4 Å². The number of amides is 1. The van der Waals surface area contributed by atoms with Gasteiger partial charge < -0.3 is 9.84 Å². The van der Waals surface area contributed by atoms with Crippen molar-refractivity contribution in [3.05, 3.63) is 35.2 Å². The second kappa shape index (κ2) is 6.16. The summed E-state index contributed by atoms with van der Waals surface area (Å²) < 4.78 is 4.41. The summed E-state index contributed by atoms with van der Waals surface area (Å²) in [5.41, 5.74) is 3.56. The first-order valence-electron chi connectivity index (χ1n) is 5.75. The zero-order valence-corrected chi connectivity index (χ0v) is 11.8. The number of nitrogens with one attached hydrogen (secondary N) is 1. The van der Waals surface area contributed by atoms with Gasteiger partial charge in [-0.05, 0) is 6.92 Å². The molecular formula is C13H13N3O3S. The van der Waals surface area contributed by atoms with Gasteiger partial charge >= 0.3 is 6.09 Å². The van der Waals surface area contributed by atoms with Crippen LogP contribution in [0.5, 0.6) is 5.88 Å². The summed E-state index contributed by atoms with van der Waals surface area (Å²) in [6.45, 7) is 1.66. The van der Waals surface area contributed by atoms with Crippen molar-refractivity contribution < 1.29 is 14.6 Å². The number of ether oxygens (including phenoxy) is 1. The molecule has 0 aliphatic rings. The fourth-order valence-electron chi connectivity index (χ4n) is 1.48. The first-order chi connectivity index (χ1) is 9.61. The first kappa shape index (κ1) is 14.0. The lowest BCUT2D eigenvalue weighted by molar-refractivity contribution is 0.171. The number of carbonyl (C=O) groups is 1. The van der Waals surface area contributed by atoms with E-state index in [9.17, 15) is 9.90 Å². The van der Waals surface area contributed by atoms with Crippen LogP contribution >= 0.6 is 11.3 Å². The van der Waals surface area contributed by atoms with E-state index < -0.39 is 6.09 Å². The van der Waals surface area contributed by atoms with E-state index in [-0.39, 0.29) is 5.88 Å². The Morgan fingerprint density at radius 2 is 2.10 bits per heavy atom. The molecule has 1 heterocycles. The molecule has 20 heavy (non-hydrogen) atoms. The van der Waals surface area contributed by atoms with Crippen molar-refractivity contribution in [3.63, 3.8) is 0 Å². The molecule has 2 aromatic rings. The Hall–Kier alpha value is -2.41. The number of aromatic hydroxyl groups is 1. The van der Waals surface area contributed by atoms with Crippen molar-refractivity contribution in [2.75, 3.05) is 7.11 Å². The Labute approximate surface area is 119 Å². The van der Waals surface area contributed by atoms with E-state index in [1.165, 1.54) is 18.4 Å². The number of benzene rings is 1.